The number of hydrogen-bond donors (Lipinski definition) is 3. The maximum Gasteiger partial charge on any atom is 0.324 e. The van der Waals surface area contributed by atoms with Crippen LogP contribution in [0.25, 0.3) is 16.5 Å². The Balaban J connectivity index is 1.05. The van der Waals surface area contributed by atoms with Crippen LogP contribution in [0, 0.1) is 12.3 Å². The number of hydrogen-bond acceptors (Lipinski definition) is 9. The van der Waals surface area contributed by atoms with Gasteiger partial charge in [-0.15, -0.1) is 6.42 Å². The highest BCUT2D eigenvalue weighted by Crippen LogP contribution is 2.34. The molecule has 0 spiro atoms. The lowest BCUT2D eigenvalue weighted by Crippen LogP contribution is -2.41. The molecule has 1 fully saturated rings. The van der Waals surface area contributed by atoms with Crippen LogP contribution in [0.15, 0.2) is 97.2 Å². The number of aromatic nitrogens is 4. The van der Waals surface area contributed by atoms with Gasteiger partial charge in [0.15, 0.2) is 0 Å². The zero-order valence-corrected chi connectivity index (χ0v) is 33.0. The number of rotatable bonds is 12. The fourth-order valence-corrected chi connectivity index (χ4v) is 6.58. The van der Waals surface area contributed by atoms with Crippen LogP contribution in [0.4, 0.5) is 16.3 Å². The first-order chi connectivity index (χ1) is 28.1. The second-order valence-electron chi connectivity index (χ2n) is 14.9. The lowest BCUT2D eigenvalue weighted by molar-refractivity contribution is 0.0383. The minimum Gasteiger partial charge on any atom is -0.497 e. The van der Waals surface area contributed by atoms with Gasteiger partial charge in [0, 0.05) is 78.2 Å². The van der Waals surface area contributed by atoms with Gasteiger partial charge in [0.1, 0.15) is 23.1 Å². The van der Waals surface area contributed by atoms with Gasteiger partial charge >= 0.3 is 6.03 Å². The molecular formula is C45H46N8O5. The van der Waals surface area contributed by atoms with Gasteiger partial charge in [-0.05, 0) is 60.2 Å². The Kier molecular flexibility index (Phi) is 12.0. The van der Waals surface area contributed by atoms with E-state index in [1.54, 1.807) is 42.3 Å². The maximum absolute atomic E-state index is 13.6. The predicted molar refractivity (Wildman–Crippen MR) is 224 cm³/mol. The highest BCUT2D eigenvalue weighted by Gasteiger charge is 2.22. The van der Waals surface area contributed by atoms with E-state index >= 15 is 0 Å². The fourth-order valence-electron chi connectivity index (χ4n) is 6.58. The van der Waals surface area contributed by atoms with E-state index < -0.39 is 6.03 Å². The fraction of sp³-hybridized carbons (Fsp3) is 0.267. The van der Waals surface area contributed by atoms with Gasteiger partial charge in [0.05, 0.1) is 37.4 Å². The molecule has 3 N–H and O–H groups in total. The molecule has 0 aliphatic carbocycles. The predicted octanol–water partition coefficient (Wildman–Crippen LogP) is 7.19. The van der Waals surface area contributed by atoms with Crippen LogP contribution >= 0.6 is 0 Å². The zero-order valence-electron chi connectivity index (χ0n) is 33.0. The largest absolute Gasteiger partial charge is 0.497 e. The summed E-state index contributed by atoms with van der Waals surface area (Å²) in [6, 6.07) is 27.2. The summed E-state index contributed by atoms with van der Waals surface area (Å²) in [5.41, 5.74) is 3.80. The molecule has 4 aromatic carbocycles. The normalized spacial score (nSPS) is 13.1. The number of anilines is 2. The summed E-state index contributed by atoms with van der Waals surface area (Å²) in [4.78, 5) is 38.1. The van der Waals surface area contributed by atoms with Gasteiger partial charge in [-0.25, -0.2) is 14.5 Å². The van der Waals surface area contributed by atoms with Crippen molar-refractivity contribution in [2.45, 2.75) is 32.6 Å². The van der Waals surface area contributed by atoms with Crippen LogP contribution in [0.2, 0.25) is 0 Å². The summed E-state index contributed by atoms with van der Waals surface area (Å²) in [7, 11) is 1.62. The number of urea groups is 1. The highest BCUT2D eigenvalue weighted by atomic mass is 16.5. The third-order valence-electron chi connectivity index (χ3n) is 9.66. The van der Waals surface area contributed by atoms with E-state index in [-0.39, 0.29) is 11.3 Å². The van der Waals surface area contributed by atoms with E-state index in [1.165, 1.54) is 0 Å². The number of ether oxygens (including phenoxy) is 3. The summed E-state index contributed by atoms with van der Waals surface area (Å²) in [5.74, 6) is 5.08. The van der Waals surface area contributed by atoms with Crippen molar-refractivity contribution >= 4 is 34.2 Å². The molecule has 3 heterocycles. The third-order valence-corrected chi connectivity index (χ3v) is 9.66. The Labute approximate surface area is 337 Å². The Morgan fingerprint density at radius 1 is 0.931 bits per heavy atom. The number of terminal acetylenes is 1. The van der Waals surface area contributed by atoms with Crippen molar-refractivity contribution in [3.05, 3.63) is 125 Å². The topological polar surface area (TPSA) is 145 Å². The van der Waals surface area contributed by atoms with Gasteiger partial charge in [0.2, 0.25) is 5.88 Å². The first-order valence-corrected chi connectivity index (χ1v) is 19.1. The summed E-state index contributed by atoms with van der Waals surface area (Å²) in [6.45, 7) is 10.6. The minimum absolute atomic E-state index is 0.193. The number of nitrogens with zero attached hydrogens (tertiary/aromatic N) is 5. The van der Waals surface area contributed by atoms with Gasteiger partial charge in [-0.1, -0.05) is 51.0 Å². The van der Waals surface area contributed by atoms with E-state index in [4.69, 9.17) is 25.7 Å². The molecule has 296 valence electrons. The number of methoxy groups -OCH3 is 1. The summed E-state index contributed by atoms with van der Waals surface area (Å²) in [5, 5.41) is 15.4. The van der Waals surface area contributed by atoms with E-state index in [9.17, 15) is 9.59 Å². The number of amides is 3. The first kappa shape index (κ1) is 39.5. The van der Waals surface area contributed by atoms with E-state index in [0.29, 0.717) is 66.3 Å². The molecule has 13 nitrogen and oxygen atoms in total. The van der Waals surface area contributed by atoms with Gasteiger partial charge in [-0.3, -0.25) is 15.0 Å². The molecule has 0 unspecified atom stereocenters. The molecule has 1 saturated heterocycles. The standard InChI is InChI=1S/C45H46N8O5/c1-6-30-25-31(27-32(26-30)43(54)47-19-20-52-21-23-57-24-22-52)28-40-46-18-17-42(49-40)58-38-16-15-37(35-9-7-8-10-36(35)38)48-44(55)50-41-29-39(45(2,3)4)51-53(41)33-11-13-34(56-5)14-12-33/h1,7-18,25-27,29H,19-24,28H2,2-5H3,(H,47,54)(H2,48,50,55). The van der Waals surface area contributed by atoms with Crippen molar-refractivity contribution < 1.29 is 23.8 Å². The Morgan fingerprint density at radius 2 is 1.71 bits per heavy atom. The molecule has 58 heavy (non-hydrogen) atoms. The number of carbonyl (C=O) groups excluding carboxylic acids is 2. The molecule has 6 aromatic rings. The lowest BCUT2D eigenvalue weighted by atomic mass is 9.92. The van der Waals surface area contributed by atoms with Crippen LogP contribution < -0.4 is 25.4 Å². The Hall–Kier alpha value is -6.75. The molecule has 3 amide bonds. The monoisotopic (exact) mass is 778 g/mol. The maximum atomic E-state index is 13.6. The summed E-state index contributed by atoms with van der Waals surface area (Å²) < 4.78 is 18.8. The molecule has 1 aliphatic rings. The van der Waals surface area contributed by atoms with E-state index in [0.717, 1.165) is 53.1 Å². The average Bonchev–Trinajstić information content (AvgIpc) is 3.66. The lowest BCUT2D eigenvalue weighted by Gasteiger charge is -2.26. The van der Waals surface area contributed by atoms with Crippen LogP contribution in [0.3, 0.4) is 0 Å². The number of carbonyl (C=O) groups is 2. The van der Waals surface area contributed by atoms with E-state index in [2.05, 4.69) is 57.5 Å². The molecule has 13 heteroatoms. The van der Waals surface area contributed by atoms with Crippen molar-refractivity contribution in [3.8, 4) is 35.4 Å². The highest BCUT2D eigenvalue weighted by molar-refractivity contribution is 6.07. The number of fused-ring (bicyclic) bond motifs is 1. The molecule has 0 atom stereocenters. The van der Waals surface area contributed by atoms with Gasteiger partial charge < -0.3 is 24.8 Å². The smallest absolute Gasteiger partial charge is 0.324 e. The summed E-state index contributed by atoms with van der Waals surface area (Å²) >= 11 is 0. The first-order valence-electron chi connectivity index (χ1n) is 19.1. The van der Waals surface area contributed by atoms with E-state index in [1.807, 2.05) is 66.7 Å². The molecule has 7 rings (SSSR count). The molecule has 0 saturated carbocycles. The van der Waals surface area contributed by atoms with Crippen LogP contribution in [0.1, 0.15) is 53.8 Å². The zero-order chi connectivity index (χ0) is 40.6. The second kappa shape index (κ2) is 17.6. The number of nitrogens with one attached hydrogen (secondary N) is 3. The minimum atomic E-state index is -0.433. The molecular weight excluding hydrogens is 733 g/mol. The van der Waals surface area contributed by atoms with Crippen LogP contribution in [-0.4, -0.2) is 83.1 Å². The van der Waals surface area contributed by atoms with Crippen molar-refractivity contribution in [1.82, 2.24) is 30.0 Å². The quantitative estimate of drug-likeness (QED) is 0.110. The van der Waals surface area contributed by atoms with Crippen molar-refractivity contribution in [3.63, 3.8) is 0 Å². The van der Waals surface area contributed by atoms with Gasteiger partial charge in [-0.2, -0.15) is 10.1 Å². The van der Waals surface area contributed by atoms with Gasteiger partial charge in [0.25, 0.3) is 5.91 Å². The average molecular weight is 779 g/mol. The number of benzene rings is 4. The Morgan fingerprint density at radius 3 is 2.45 bits per heavy atom. The van der Waals surface area contributed by atoms with Crippen molar-refractivity contribution in [2.75, 3.05) is 57.1 Å². The molecule has 0 radical (unpaired) electrons. The molecule has 1 aliphatic heterocycles. The van der Waals surface area contributed by atoms with Crippen LogP contribution in [0.5, 0.6) is 17.4 Å². The van der Waals surface area contributed by atoms with Crippen molar-refractivity contribution in [1.29, 1.82) is 0 Å². The molecule has 2 aromatic heterocycles. The number of morpholine rings is 1. The third kappa shape index (κ3) is 9.61. The molecule has 0 bridgehead atoms. The van der Waals surface area contributed by atoms with Crippen molar-refractivity contribution in [2.24, 2.45) is 0 Å². The SMILES string of the molecule is C#Cc1cc(Cc2nccc(Oc3ccc(NC(=O)Nc4cc(C(C)(C)C)nn4-c4ccc(OC)cc4)c4ccccc34)n2)cc(C(=O)NCCN2CCOCC2)c1. The summed E-state index contributed by atoms with van der Waals surface area (Å²) in [6.07, 6.45) is 7.73. The van der Waals surface area contributed by atoms with Crippen LogP contribution in [-0.2, 0) is 16.6 Å². The second-order valence-corrected chi connectivity index (χ2v) is 14.9. The Bertz CT molecular complexity index is 2460.